The zero-order valence-electron chi connectivity index (χ0n) is 9.16. The van der Waals surface area contributed by atoms with E-state index in [9.17, 15) is 18.0 Å². The fourth-order valence-electron chi connectivity index (χ4n) is 1.24. The molecule has 8 heteroatoms. The normalized spacial score (nSPS) is 9.72. The summed E-state index contributed by atoms with van der Waals surface area (Å²) in [7, 11) is 0. The van der Waals surface area contributed by atoms with Gasteiger partial charge in [-0.2, -0.15) is 0 Å². The molecule has 0 aliphatic carbocycles. The summed E-state index contributed by atoms with van der Waals surface area (Å²) in [5.41, 5.74) is 7.15. The van der Waals surface area contributed by atoms with Gasteiger partial charge in [0, 0.05) is 30.1 Å². The lowest BCUT2D eigenvalue weighted by Gasteiger charge is -2.06. The maximum absolute atomic E-state index is 13.2. The lowest BCUT2D eigenvalue weighted by molar-refractivity contribution is 0.0945. The minimum atomic E-state index is -1.26. The molecule has 0 aliphatic rings. The van der Waals surface area contributed by atoms with E-state index in [4.69, 9.17) is 5.53 Å². The van der Waals surface area contributed by atoms with Gasteiger partial charge in [0.15, 0.2) is 0 Å². The van der Waals surface area contributed by atoms with Crippen LogP contribution in [0.4, 0.5) is 13.2 Å². The van der Waals surface area contributed by atoms with Crippen molar-refractivity contribution in [3.8, 4) is 0 Å². The number of azide groups is 1. The number of hydrogen-bond acceptors (Lipinski definition) is 2. The molecule has 0 saturated heterocycles. The van der Waals surface area contributed by atoms with Gasteiger partial charge in [-0.15, -0.1) is 0 Å². The van der Waals surface area contributed by atoms with Gasteiger partial charge in [0.05, 0.1) is 0 Å². The Morgan fingerprint density at radius 1 is 1.33 bits per heavy atom. The van der Waals surface area contributed by atoms with E-state index in [1.54, 1.807) is 0 Å². The summed E-state index contributed by atoms with van der Waals surface area (Å²) in [6.45, 7) is 0.249. The zero-order valence-corrected chi connectivity index (χ0v) is 9.16. The van der Waals surface area contributed by atoms with Crippen molar-refractivity contribution in [3.05, 3.63) is 45.6 Å². The first-order valence-corrected chi connectivity index (χ1v) is 5.00. The molecule has 0 spiro atoms. The highest BCUT2D eigenvalue weighted by atomic mass is 19.1. The molecule has 18 heavy (non-hydrogen) atoms. The van der Waals surface area contributed by atoms with Gasteiger partial charge in [-0.3, -0.25) is 4.79 Å². The third-order valence-corrected chi connectivity index (χ3v) is 2.02. The van der Waals surface area contributed by atoms with Gasteiger partial charge in [-0.1, -0.05) is 5.11 Å². The summed E-state index contributed by atoms with van der Waals surface area (Å²) in [6.07, 6.45) is 0.334. The van der Waals surface area contributed by atoms with E-state index < -0.39 is 28.9 Å². The summed E-state index contributed by atoms with van der Waals surface area (Å²) < 4.78 is 39.0. The lowest BCUT2D eigenvalue weighted by Crippen LogP contribution is -2.27. The summed E-state index contributed by atoms with van der Waals surface area (Å²) in [5.74, 6) is -4.60. The van der Waals surface area contributed by atoms with Crippen LogP contribution in [0.15, 0.2) is 17.2 Å². The summed E-state index contributed by atoms with van der Waals surface area (Å²) in [4.78, 5) is 13.9. The number of benzene rings is 1. The monoisotopic (exact) mass is 258 g/mol. The Labute approximate surface area is 100 Å². The summed E-state index contributed by atoms with van der Waals surface area (Å²) in [5, 5.41) is 5.45. The quantitative estimate of drug-likeness (QED) is 0.374. The van der Waals surface area contributed by atoms with Crippen molar-refractivity contribution in [2.45, 2.75) is 6.42 Å². The highest BCUT2D eigenvalue weighted by Gasteiger charge is 2.18. The van der Waals surface area contributed by atoms with Crippen molar-refractivity contribution in [3.63, 3.8) is 0 Å². The van der Waals surface area contributed by atoms with Crippen LogP contribution in [0.3, 0.4) is 0 Å². The molecule has 0 heterocycles. The maximum Gasteiger partial charge on any atom is 0.257 e. The first kappa shape index (κ1) is 13.9. The maximum atomic E-state index is 13.2. The van der Waals surface area contributed by atoms with E-state index in [0.717, 1.165) is 0 Å². The predicted octanol–water partition coefficient (Wildman–Crippen LogP) is 2.53. The molecule has 0 fully saturated rings. The molecule has 1 aromatic rings. The van der Waals surface area contributed by atoms with Crippen molar-refractivity contribution in [1.29, 1.82) is 0 Å². The van der Waals surface area contributed by atoms with Gasteiger partial charge in [-0.05, 0) is 12.0 Å². The number of hydrogen-bond donors (Lipinski definition) is 1. The molecule has 5 nitrogen and oxygen atoms in total. The zero-order chi connectivity index (χ0) is 13.5. The van der Waals surface area contributed by atoms with Crippen molar-refractivity contribution in [2.24, 2.45) is 5.11 Å². The third kappa shape index (κ3) is 3.67. The molecule has 1 rings (SSSR count). The number of halogens is 3. The molecule has 96 valence electrons. The van der Waals surface area contributed by atoms with E-state index in [-0.39, 0.29) is 13.1 Å². The highest BCUT2D eigenvalue weighted by molar-refractivity contribution is 5.94. The fourth-order valence-corrected chi connectivity index (χ4v) is 1.24. The van der Waals surface area contributed by atoms with Crippen LogP contribution in [0.25, 0.3) is 10.4 Å². The molecular formula is C10H9F3N4O. The van der Waals surface area contributed by atoms with Crippen molar-refractivity contribution >= 4 is 5.91 Å². The molecule has 1 aromatic carbocycles. The highest BCUT2D eigenvalue weighted by Crippen LogP contribution is 2.14. The molecule has 0 radical (unpaired) electrons. The second-order valence-corrected chi connectivity index (χ2v) is 3.31. The Morgan fingerprint density at radius 2 is 1.94 bits per heavy atom. The largest absolute Gasteiger partial charge is 0.352 e. The molecule has 0 saturated carbocycles. The van der Waals surface area contributed by atoms with Gasteiger partial charge in [0.25, 0.3) is 5.91 Å². The van der Waals surface area contributed by atoms with Crippen LogP contribution in [0.2, 0.25) is 0 Å². The average Bonchev–Trinajstić information content (AvgIpc) is 2.27. The van der Waals surface area contributed by atoms with Crippen molar-refractivity contribution in [1.82, 2.24) is 5.32 Å². The first-order valence-electron chi connectivity index (χ1n) is 5.00. The standard InChI is InChI=1S/C10H9F3N4O/c11-6-4-7(12)9(8(13)5-6)10(18)15-2-1-3-16-17-14/h4-5H,1-3H2,(H,15,18). The minimum Gasteiger partial charge on any atom is -0.352 e. The molecule has 1 amide bonds. The van der Waals surface area contributed by atoms with Crippen LogP contribution in [0.5, 0.6) is 0 Å². The van der Waals surface area contributed by atoms with Gasteiger partial charge >= 0.3 is 0 Å². The van der Waals surface area contributed by atoms with E-state index in [0.29, 0.717) is 18.6 Å². The van der Waals surface area contributed by atoms with Gasteiger partial charge in [0.2, 0.25) is 0 Å². The van der Waals surface area contributed by atoms with Crippen LogP contribution in [0.1, 0.15) is 16.8 Å². The van der Waals surface area contributed by atoms with Crippen LogP contribution in [-0.4, -0.2) is 19.0 Å². The van der Waals surface area contributed by atoms with Crippen molar-refractivity contribution in [2.75, 3.05) is 13.1 Å². The fraction of sp³-hybridized carbons (Fsp3) is 0.300. The van der Waals surface area contributed by atoms with E-state index in [2.05, 4.69) is 15.3 Å². The Morgan fingerprint density at radius 3 is 2.50 bits per heavy atom. The molecule has 0 aliphatic heterocycles. The number of nitrogens with one attached hydrogen (secondary N) is 1. The smallest absolute Gasteiger partial charge is 0.257 e. The van der Waals surface area contributed by atoms with Gasteiger partial charge < -0.3 is 5.32 Å². The molecule has 1 N–H and O–H groups in total. The Hall–Kier alpha value is -2.21. The third-order valence-electron chi connectivity index (χ3n) is 2.02. The lowest BCUT2D eigenvalue weighted by atomic mass is 10.1. The van der Waals surface area contributed by atoms with Crippen LogP contribution in [0, 0.1) is 17.5 Å². The SMILES string of the molecule is [N-]=[N+]=NCCCNC(=O)c1c(F)cc(F)cc1F. The molecule has 0 bridgehead atoms. The predicted molar refractivity (Wildman–Crippen MR) is 57.3 cm³/mol. The van der Waals surface area contributed by atoms with Crippen molar-refractivity contribution < 1.29 is 18.0 Å². The number of rotatable bonds is 5. The Balaban J connectivity index is 2.64. The average molecular weight is 258 g/mol. The van der Waals surface area contributed by atoms with Crippen LogP contribution in [-0.2, 0) is 0 Å². The van der Waals surface area contributed by atoms with E-state index in [1.165, 1.54) is 0 Å². The van der Waals surface area contributed by atoms with Gasteiger partial charge in [0.1, 0.15) is 23.0 Å². The number of carbonyl (C=O) groups excluding carboxylic acids is 1. The second kappa shape index (κ2) is 6.51. The molecule has 0 aromatic heterocycles. The van der Waals surface area contributed by atoms with E-state index >= 15 is 0 Å². The molecular weight excluding hydrogens is 249 g/mol. The van der Waals surface area contributed by atoms with E-state index in [1.807, 2.05) is 0 Å². The number of nitrogens with zero attached hydrogens (tertiary/aromatic N) is 3. The van der Waals surface area contributed by atoms with Crippen LogP contribution < -0.4 is 5.32 Å². The number of amides is 1. The van der Waals surface area contributed by atoms with Crippen LogP contribution >= 0.6 is 0 Å². The summed E-state index contributed by atoms with van der Waals surface area (Å²) >= 11 is 0. The molecule has 0 unspecified atom stereocenters. The Kier molecular flexibility index (Phi) is 5.01. The Bertz CT molecular complexity index is 477. The topological polar surface area (TPSA) is 77.9 Å². The minimum absolute atomic E-state index is 0.0914. The molecule has 0 atom stereocenters. The van der Waals surface area contributed by atoms with Gasteiger partial charge in [-0.25, -0.2) is 13.2 Å². The number of carbonyl (C=O) groups is 1. The first-order chi connectivity index (χ1) is 8.56. The summed E-state index contributed by atoms with van der Waals surface area (Å²) in [6, 6.07) is 0.857. The second-order valence-electron chi connectivity index (χ2n) is 3.31.